The smallest absolute Gasteiger partial charge is 0.0293 e. The number of allylic oxidation sites excluding steroid dienone is 1. The maximum atomic E-state index is 4.41. The predicted octanol–water partition coefficient (Wildman–Crippen LogP) is 8.58. The van der Waals surface area contributed by atoms with Gasteiger partial charge in [0.15, 0.2) is 0 Å². The van der Waals surface area contributed by atoms with Crippen LogP contribution in [-0.2, 0) is 0 Å². The summed E-state index contributed by atoms with van der Waals surface area (Å²) in [7, 11) is 1.84. The van der Waals surface area contributed by atoms with E-state index in [0.717, 1.165) is 0 Å². The highest BCUT2D eigenvalue weighted by Crippen LogP contribution is 2.35. The van der Waals surface area contributed by atoms with Crippen LogP contribution in [0.4, 0.5) is 0 Å². The summed E-state index contributed by atoms with van der Waals surface area (Å²) in [5, 5.41) is 5.03. The highest BCUT2D eigenvalue weighted by atomic mass is 14.6. The number of rotatable bonds is 4. The maximum Gasteiger partial charge on any atom is 0.0293 e. The number of nitrogens with zero attached hydrogens (tertiary/aromatic N) is 1. The van der Waals surface area contributed by atoms with Gasteiger partial charge in [-0.2, -0.15) is 0 Å². The first-order valence-corrected chi connectivity index (χ1v) is 11.4. The molecule has 0 aliphatic carbocycles. The zero-order valence-electron chi connectivity index (χ0n) is 19.3. The van der Waals surface area contributed by atoms with Gasteiger partial charge in [0, 0.05) is 18.8 Å². The second kappa shape index (κ2) is 8.88. The van der Waals surface area contributed by atoms with E-state index in [1.54, 1.807) is 0 Å². The predicted molar refractivity (Wildman–Crippen MR) is 145 cm³/mol. The molecule has 0 saturated heterocycles. The zero-order valence-corrected chi connectivity index (χ0v) is 19.3. The van der Waals surface area contributed by atoms with E-state index < -0.39 is 0 Å². The fraction of sp³-hybridized carbons (Fsp3) is 0.0938. The highest BCUT2D eigenvalue weighted by molar-refractivity contribution is 6.19. The van der Waals surface area contributed by atoms with E-state index in [2.05, 4.69) is 122 Å². The van der Waals surface area contributed by atoms with Gasteiger partial charge in [-0.25, -0.2) is 0 Å². The van der Waals surface area contributed by atoms with Crippen molar-refractivity contribution in [3.63, 3.8) is 0 Å². The fourth-order valence-corrected chi connectivity index (χ4v) is 4.83. The molecule has 0 aliphatic rings. The number of benzene rings is 5. The van der Waals surface area contributed by atoms with Crippen molar-refractivity contribution >= 4 is 39.4 Å². The topological polar surface area (TPSA) is 12.4 Å². The summed E-state index contributed by atoms with van der Waals surface area (Å²) in [6.45, 7) is 4.41. The van der Waals surface area contributed by atoms with E-state index in [-0.39, 0.29) is 0 Å². The van der Waals surface area contributed by atoms with E-state index in [9.17, 15) is 0 Å². The molecule has 0 N–H and O–H groups in total. The molecule has 5 aromatic rings. The molecule has 160 valence electrons. The van der Waals surface area contributed by atoms with Crippen LogP contribution in [0.2, 0.25) is 0 Å². The number of aryl methyl sites for hydroxylation is 1. The molecule has 0 saturated carbocycles. The van der Waals surface area contributed by atoms with E-state index in [0.29, 0.717) is 0 Å². The molecule has 0 bridgehead atoms. The van der Waals surface area contributed by atoms with Gasteiger partial charge in [-0.3, -0.25) is 4.99 Å². The van der Waals surface area contributed by atoms with E-state index in [4.69, 9.17) is 0 Å². The molecule has 0 unspecified atom stereocenters. The van der Waals surface area contributed by atoms with Crippen molar-refractivity contribution in [1.29, 1.82) is 0 Å². The summed E-state index contributed by atoms with van der Waals surface area (Å²) < 4.78 is 0. The summed E-state index contributed by atoms with van der Waals surface area (Å²) in [5.74, 6) is 0. The van der Waals surface area contributed by atoms with Crippen LogP contribution in [0.1, 0.15) is 29.2 Å². The number of aliphatic imine (C=N–C) groups is 1. The SMILES string of the molecule is C/N=C/c1c(/C=C(\C)c2ccc(-c3ccccc3)cc2C)c2ccccc2c2ccccc12. The molecule has 0 amide bonds. The Morgan fingerprint density at radius 2 is 1.21 bits per heavy atom. The molecule has 1 heteroatoms. The molecule has 0 spiro atoms. The van der Waals surface area contributed by atoms with Crippen molar-refractivity contribution in [2.24, 2.45) is 4.99 Å². The fourth-order valence-electron chi connectivity index (χ4n) is 4.83. The van der Waals surface area contributed by atoms with Gasteiger partial charge in [-0.15, -0.1) is 0 Å². The number of hydrogen-bond acceptors (Lipinski definition) is 1. The second-order valence-electron chi connectivity index (χ2n) is 8.53. The van der Waals surface area contributed by atoms with Gasteiger partial charge in [0.05, 0.1) is 0 Å². The van der Waals surface area contributed by atoms with Gasteiger partial charge < -0.3 is 0 Å². The summed E-state index contributed by atoms with van der Waals surface area (Å²) in [6.07, 6.45) is 4.33. The molecule has 0 fully saturated rings. The van der Waals surface area contributed by atoms with Crippen molar-refractivity contribution in [3.05, 3.63) is 119 Å². The lowest BCUT2D eigenvalue weighted by molar-refractivity contribution is 1.41. The Kier molecular flexibility index (Phi) is 5.62. The molecule has 0 heterocycles. The molecular formula is C32H27N. The van der Waals surface area contributed by atoms with E-state index in [1.807, 2.05) is 13.3 Å². The average Bonchev–Trinajstić information content (AvgIpc) is 2.86. The second-order valence-corrected chi connectivity index (χ2v) is 8.53. The number of hydrogen-bond donors (Lipinski definition) is 0. The summed E-state index contributed by atoms with van der Waals surface area (Å²) in [4.78, 5) is 4.41. The monoisotopic (exact) mass is 425 g/mol. The first-order chi connectivity index (χ1) is 16.2. The molecule has 5 rings (SSSR count). The molecule has 5 aromatic carbocycles. The van der Waals surface area contributed by atoms with E-state index >= 15 is 0 Å². The Hall–Kier alpha value is -3.97. The Bertz CT molecular complexity index is 1520. The lowest BCUT2D eigenvalue weighted by Crippen LogP contribution is -1.95. The van der Waals surface area contributed by atoms with Crippen molar-refractivity contribution in [1.82, 2.24) is 0 Å². The van der Waals surface area contributed by atoms with Crippen LogP contribution in [0.3, 0.4) is 0 Å². The third-order valence-electron chi connectivity index (χ3n) is 6.39. The maximum absolute atomic E-state index is 4.41. The average molecular weight is 426 g/mol. The normalized spacial score (nSPS) is 12.2. The molecule has 0 radical (unpaired) electrons. The minimum atomic E-state index is 1.17. The lowest BCUT2D eigenvalue weighted by atomic mass is 9.89. The van der Waals surface area contributed by atoms with Crippen LogP contribution < -0.4 is 0 Å². The first-order valence-electron chi connectivity index (χ1n) is 11.4. The van der Waals surface area contributed by atoms with Gasteiger partial charge in [0.2, 0.25) is 0 Å². The van der Waals surface area contributed by atoms with Crippen molar-refractivity contribution in [2.45, 2.75) is 13.8 Å². The quantitative estimate of drug-likeness (QED) is 0.155. The molecule has 0 aromatic heterocycles. The molecule has 1 nitrogen and oxygen atoms in total. The Morgan fingerprint density at radius 3 is 1.82 bits per heavy atom. The summed E-state index contributed by atoms with van der Waals surface area (Å²) >= 11 is 0. The van der Waals surface area contributed by atoms with Crippen molar-refractivity contribution < 1.29 is 0 Å². The largest absolute Gasteiger partial charge is 0.296 e. The highest BCUT2D eigenvalue weighted by Gasteiger charge is 2.12. The van der Waals surface area contributed by atoms with Crippen LogP contribution in [0.25, 0.3) is 44.3 Å². The number of fused-ring (bicyclic) bond motifs is 3. The third kappa shape index (κ3) is 3.87. The Balaban J connectivity index is 1.71. The van der Waals surface area contributed by atoms with Gasteiger partial charge in [-0.05, 0) is 68.8 Å². The minimum Gasteiger partial charge on any atom is -0.296 e. The minimum absolute atomic E-state index is 1.17. The molecule has 0 aliphatic heterocycles. The Labute approximate surface area is 195 Å². The standard InChI is InChI=1S/C32H27N/c1-22-19-25(24-11-5-4-6-12-24)17-18-26(22)23(2)20-31-29-15-9-7-13-27(29)28-14-8-10-16-30(28)32(31)21-33-3/h4-21H,1-3H3/b23-20+,33-21+. The lowest BCUT2D eigenvalue weighted by Gasteiger charge is -2.15. The van der Waals surface area contributed by atoms with Crippen molar-refractivity contribution in [2.75, 3.05) is 7.05 Å². The van der Waals surface area contributed by atoms with Crippen LogP contribution in [0, 0.1) is 6.92 Å². The van der Waals surface area contributed by atoms with Crippen LogP contribution >= 0.6 is 0 Å². The van der Waals surface area contributed by atoms with Crippen LogP contribution in [0.15, 0.2) is 102 Å². The third-order valence-corrected chi connectivity index (χ3v) is 6.39. The van der Waals surface area contributed by atoms with Gasteiger partial charge in [0.1, 0.15) is 0 Å². The zero-order chi connectivity index (χ0) is 22.8. The van der Waals surface area contributed by atoms with Crippen LogP contribution in [-0.4, -0.2) is 13.3 Å². The van der Waals surface area contributed by atoms with Gasteiger partial charge in [0.25, 0.3) is 0 Å². The van der Waals surface area contributed by atoms with Crippen LogP contribution in [0.5, 0.6) is 0 Å². The van der Waals surface area contributed by atoms with Crippen molar-refractivity contribution in [3.8, 4) is 11.1 Å². The molecule has 0 atom stereocenters. The first kappa shape index (κ1) is 20.9. The molecule has 33 heavy (non-hydrogen) atoms. The Morgan fingerprint density at radius 1 is 0.636 bits per heavy atom. The van der Waals surface area contributed by atoms with Gasteiger partial charge >= 0.3 is 0 Å². The molecular weight excluding hydrogens is 398 g/mol. The van der Waals surface area contributed by atoms with E-state index in [1.165, 1.54) is 60.5 Å². The summed E-state index contributed by atoms with van der Waals surface area (Å²) in [5.41, 5.74) is 8.68. The summed E-state index contributed by atoms with van der Waals surface area (Å²) in [6, 6.07) is 34.6. The van der Waals surface area contributed by atoms with Gasteiger partial charge in [-0.1, -0.05) is 103 Å².